The van der Waals surface area contributed by atoms with Crippen LogP contribution in [-0.4, -0.2) is 28.6 Å². The summed E-state index contributed by atoms with van der Waals surface area (Å²) in [6.45, 7) is 1.69. The first kappa shape index (κ1) is 17.1. The number of carbonyl (C=O) groups excluding carboxylic acids is 1. The first-order chi connectivity index (χ1) is 11.3. The first-order valence-electron chi connectivity index (χ1n) is 6.84. The largest absolute Gasteiger partial charge is 0.477 e. The summed E-state index contributed by atoms with van der Waals surface area (Å²) in [6.07, 6.45) is 0. The van der Waals surface area contributed by atoms with E-state index in [0.717, 1.165) is 18.2 Å². The number of benzene rings is 2. The van der Waals surface area contributed by atoms with E-state index >= 15 is 0 Å². The minimum absolute atomic E-state index is 0.100. The summed E-state index contributed by atoms with van der Waals surface area (Å²) in [4.78, 5) is 32.7. The van der Waals surface area contributed by atoms with Gasteiger partial charge in [0, 0.05) is 6.07 Å². The summed E-state index contributed by atoms with van der Waals surface area (Å²) in [5, 5.41) is 20.0. The molecular weight excluding hydrogens is 321 g/mol. The maximum atomic E-state index is 14.0. The lowest BCUT2D eigenvalue weighted by molar-refractivity contribution is -0.385. The lowest BCUT2D eigenvalue weighted by atomic mass is 10.0. The maximum absolute atomic E-state index is 14.0. The molecule has 0 amide bonds. The monoisotopic (exact) mass is 333 g/mol. The number of halogens is 1. The van der Waals surface area contributed by atoms with Gasteiger partial charge in [-0.15, -0.1) is 0 Å². The smallest absolute Gasteiger partial charge is 0.342 e. The number of nitrogens with zero attached hydrogens (tertiary/aromatic N) is 1. The Labute approximate surface area is 135 Å². The molecule has 2 aromatic rings. The fourth-order valence-corrected chi connectivity index (χ4v) is 2.11. The molecule has 0 aliphatic heterocycles. The van der Waals surface area contributed by atoms with Crippen molar-refractivity contribution in [3.8, 4) is 11.1 Å². The lowest BCUT2D eigenvalue weighted by Crippen LogP contribution is -2.07. The van der Waals surface area contributed by atoms with Crippen LogP contribution in [0.15, 0.2) is 36.4 Å². The normalized spacial score (nSPS) is 10.2. The number of aromatic carboxylic acids is 1. The Morgan fingerprint density at radius 2 is 1.75 bits per heavy atom. The lowest BCUT2D eigenvalue weighted by Gasteiger charge is -2.07. The summed E-state index contributed by atoms with van der Waals surface area (Å²) in [5.41, 5.74) is -0.805. The molecular formula is C16H12FNO6. The Kier molecular flexibility index (Phi) is 4.88. The van der Waals surface area contributed by atoms with Gasteiger partial charge >= 0.3 is 11.9 Å². The number of ether oxygens (including phenoxy) is 1. The molecule has 0 unspecified atom stereocenters. The predicted octanol–water partition coefficient (Wildman–Crippen LogP) is 3.28. The molecule has 2 aromatic carbocycles. The molecule has 0 saturated heterocycles. The average Bonchev–Trinajstić information content (AvgIpc) is 2.54. The summed E-state index contributed by atoms with van der Waals surface area (Å²) >= 11 is 0. The number of esters is 1. The zero-order valence-electron chi connectivity index (χ0n) is 12.5. The van der Waals surface area contributed by atoms with E-state index in [9.17, 15) is 24.1 Å². The van der Waals surface area contributed by atoms with Crippen molar-refractivity contribution in [1.29, 1.82) is 0 Å². The van der Waals surface area contributed by atoms with Crippen molar-refractivity contribution >= 4 is 17.6 Å². The van der Waals surface area contributed by atoms with Crippen LogP contribution < -0.4 is 0 Å². The van der Waals surface area contributed by atoms with Gasteiger partial charge < -0.3 is 9.84 Å². The number of carbonyl (C=O) groups is 2. The molecule has 2 rings (SSSR count). The predicted molar refractivity (Wildman–Crippen MR) is 81.4 cm³/mol. The average molecular weight is 333 g/mol. The van der Waals surface area contributed by atoms with Crippen molar-refractivity contribution in [3.05, 3.63) is 63.5 Å². The number of carboxylic acids is 1. The van der Waals surface area contributed by atoms with Crippen LogP contribution in [0.2, 0.25) is 0 Å². The van der Waals surface area contributed by atoms with Crippen molar-refractivity contribution in [2.75, 3.05) is 6.61 Å². The van der Waals surface area contributed by atoms with Gasteiger partial charge in [0.15, 0.2) is 0 Å². The molecule has 0 spiro atoms. The Bertz CT molecular complexity index is 833. The van der Waals surface area contributed by atoms with E-state index in [1.807, 2.05) is 0 Å². The molecule has 0 fully saturated rings. The van der Waals surface area contributed by atoms with Gasteiger partial charge in [0.25, 0.3) is 5.69 Å². The molecule has 7 nitrogen and oxygen atoms in total. The van der Waals surface area contributed by atoms with E-state index in [1.54, 1.807) is 6.92 Å². The molecule has 24 heavy (non-hydrogen) atoms. The minimum Gasteiger partial charge on any atom is -0.477 e. The molecule has 0 saturated carbocycles. The van der Waals surface area contributed by atoms with Gasteiger partial charge in [-0.05, 0) is 36.2 Å². The van der Waals surface area contributed by atoms with Crippen molar-refractivity contribution in [3.63, 3.8) is 0 Å². The van der Waals surface area contributed by atoms with E-state index < -0.39 is 33.9 Å². The third-order valence-corrected chi connectivity index (χ3v) is 3.22. The maximum Gasteiger partial charge on any atom is 0.342 e. The van der Waals surface area contributed by atoms with Crippen LogP contribution in [0.1, 0.15) is 27.6 Å². The highest BCUT2D eigenvalue weighted by Crippen LogP contribution is 2.28. The Morgan fingerprint density at radius 1 is 1.17 bits per heavy atom. The molecule has 0 bridgehead atoms. The summed E-state index contributed by atoms with van der Waals surface area (Å²) in [7, 11) is 0. The zero-order chi connectivity index (χ0) is 17.9. The molecule has 0 radical (unpaired) electrons. The number of hydrogen-bond acceptors (Lipinski definition) is 5. The first-order valence-corrected chi connectivity index (χ1v) is 6.84. The van der Waals surface area contributed by atoms with Crippen molar-refractivity contribution in [2.45, 2.75) is 6.92 Å². The summed E-state index contributed by atoms with van der Waals surface area (Å²) < 4.78 is 18.8. The minimum atomic E-state index is -1.43. The Balaban J connectivity index is 2.47. The topological polar surface area (TPSA) is 107 Å². The van der Waals surface area contributed by atoms with Crippen LogP contribution in [0.4, 0.5) is 10.1 Å². The standard InChI is InChI=1S/C16H12FNO6/c1-2-24-16(21)11-5-3-9(7-13(11)17)10-4-6-12(15(19)20)14(8-10)18(22)23/h3-8H,2H2,1H3,(H,19,20). The van der Waals surface area contributed by atoms with Crippen molar-refractivity contribution in [1.82, 2.24) is 0 Å². The number of hydrogen-bond donors (Lipinski definition) is 1. The second kappa shape index (κ2) is 6.86. The van der Waals surface area contributed by atoms with Gasteiger partial charge in [0.05, 0.1) is 17.1 Å². The molecule has 0 aromatic heterocycles. The number of carboxylic acid groups (broad SMARTS) is 1. The van der Waals surface area contributed by atoms with E-state index in [2.05, 4.69) is 0 Å². The van der Waals surface area contributed by atoms with E-state index in [1.165, 1.54) is 18.2 Å². The summed E-state index contributed by atoms with van der Waals surface area (Å²) in [5.74, 6) is -3.08. The molecule has 0 aliphatic rings. The van der Waals surface area contributed by atoms with Crippen LogP contribution in [-0.2, 0) is 4.74 Å². The van der Waals surface area contributed by atoms with E-state index in [4.69, 9.17) is 9.84 Å². The Hall–Kier alpha value is -3.29. The summed E-state index contributed by atoms with van der Waals surface area (Å²) in [6, 6.07) is 7.09. The third-order valence-electron chi connectivity index (χ3n) is 3.22. The molecule has 124 valence electrons. The Morgan fingerprint density at radius 3 is 2.25 bits per heavy atom. The van der Waals surface area contributed by atoms with E-state index in [-0.39, 0.29) is 23.3 Å². The van der Waals surface area contributed by atoms with Gasteiger partial charge in [0.2, 0.25) is 0 Å². The van der Waals surface area contributed by atoms with Gasteiger partial charge in [-0.25, -0.2) is 14.0 Å². The van der Waals surface area contributed by atoms with Gasteiger partial charge in [-0.2, -0.15) is 0 Å². The van der Waals surface area contributed by atoms with Crippen LogP contribution in [0.5, 0.6) is 0 Å². The molecule has 1 N–H and O–H groups in total. The number of rotatable bonds is 5. The van der Waals surface area contributed by atoms with Crippen LogP contribution in [0.3, 0.4) is 0 Å². The number of nitro groups is 1. The van der Waals surface area contributed by atoms with Gasteiger partial charge in [-0.3, -0.25) is 10.1 Å². The van der Waals surface area contributed by atoms with Crippen molar-refractivity contribution in [2.24, 2.45) is 0 Å². The highest BCUT2D eigenvalue weighted by molar-refractivity contribution is 5.94. The van der Waals surface area contributed by atoms with Crippen LogP contribution in [0.25, 0.3) is 11.1 Å². The second-order valence-corrected chi connectivity index (χ2v) is 4.71. The third kappa shape index (κ3) is 3.37. The van der Waals surface area contributed by atoms with Gasteiger partial charge in [0.1, 0.15) is 11.4 Å². The SMILES string of the molecule is CCOC(=O)c1ccc(-c2ccc(C(=O)O)c([N+](=O)[O-])c2)cc1F. The molecule has 8 heteroatoms. The fourth-order valence-electron chi connectivity index (χ4n) is 2.11. The fraction of sp³-hybridized carbons (Fsp3) is 0.125. The highest BCUT2D eigenvalue weighted by Gasteiger charge is 2.21. The van der Waals surface area contributed by atoms with Crippen LogP contribution >= 0.6 is 0 Å². The quantitative estimate of drug-likeness (QED) is 0.511. The van der Waals surface area contributed by atoms with Crippen LogP contribution in [0, 0.1) is 15.9 Å². The highest BCUT2D eigenvalue weighted by atomic mass is 19.1. The van der Waals surface area contributed by atoms with E-state index in [0.29, 0.717) is 0 Å². The zero-order valence-corrected chi connectivity index (χ0v) is 12.5. The van der Waals surface area contributed by atoms with Gasteiger partial charge in [-0.1, -0.05) is 12.1 Å². The molecule has 0 heterocycles. The molecule has 0 aliphatic carbocycles. The number of nitro benzene ring substituents is 1. The van der Waals surface area contributed by atoms with Crippen molar-refractivity contribution < 1.29 is 28.7 Å². The second-order valence-electron chi connectivity index (χ2n) is 4.71. The molecule has 0 atom stereocenters.